The number of nitrogen functional groups attached to an aromatic ring is 1. The number of furan rings is 1. The zero-order valence-corrected chi connectivity index (χ0v) is 10.3. The molecule has 0 aliphatic rings. The number of nitrogens with zero attached hydrogens (tertiary/aromatic N) is 3. The lowest BCUT2D eigenvalue weighted by atomic mass is 10.3. The van der Waals surface area contributed by atoms with Crippen LogP contribution in [0.2, 0.25) is 0 Å². The van der Waals surface area contributed by atoms with E-state index < -0.39 is 0 Å². The summed E-state index contributed by atoms with van der Waals surface area (Å²) < 4.78 is 7.41. The summed E-state index contributed by atoms with van der Waals surface area (Å²) in [6.45, 7) is 4.45. The van der Waals surface area contributed by atoms with Gasteiger partial charge in [-0.05, 0) is 37.6 Å². The molecular formula is C13H14N4O. The molecule has 5 nitrogen and oxygen atoms in total. The molecule has 0 aliphatic heterocycles. The van der Waals surface area contributed by atoms with Gasteiger partial charge < -0.3 is 10.2 Å². The van der Waals surface area contributed by atoms with Crippen molar-refractivity contribution in [3.05, 3.63) is 41.5 Å². The topological polar surface area (TPSA) is 69.9 Å². The van der Waals surface area contributed by atoms with E-state index in [-0.39, 0.29) is 0 Å². The van der Waals surface area contributed by atoms with Crippen LogP contribution < -0.4 is 5.73 Å². The fourth-order valence-electron chi connectivity index (χ4n) is 2.01. The summed E-state index contributed by atoms with van der Waals surface area (Å²) in [5, 5.41) is 0. The highest BCUT2D eigenvalue weighted by Gasteiger charge is 2.11. The third-order valence-corrected chi connectivity index (χ3v) is 2.86. The second kappa shape index (κ2) is 3.87. The highest BCUT2D eigenvalue weighted by atomic mass is 16.3. The molecule has 3 heterocycles. The molecule has 0 amide bonds. The van der Waals surface area contributed by atoms with E-state index >= 15 is 0 Å². The molecule has 0 spiro atoms. The van der Waals surface area contributed by atoms with Crippen molar-refractivity contribution in [2.75, 3.05) is 5.73 Å². The molecular weight excluding hydrogens is 228 g/mol. The quantitative estimate of drug-likeness (QED) is 0.748. The Bertz CT molecular complexity index is 711. The number of hydrogen-bond acceptors (Lipinski definition) is 4. The van der Waals surface area contributed by atoms with Crippen molar-refractivity contribution in [2.24, 2.45) is 0 Å². The minimum Gasteiger partial charge on any atom is -0.464 e. The molecule has 0 unspecified atom stereocenters. The lowest BCUT2D eigenvalue weighted by Gasteiger charge is -2.03. The summed E-state index contributed by atoms with van der Waals surface area (Å²) in [6.07, 6.45) is 1.81. The number of hydrogen-bond donors (Lipinski definition) is 1. The summed E-state index contributed by atoms with van der Waals surface area (Å²) >= 11 is 0. The van der Waals surface area contributed by atoms with Crippen LogP contribution in [0.3, 0.4) is 0 Å². The van der Waals surface area contributed by atoms with Crippen LogP contribution in [0.5, 0.6) is 0 Å². The summed E-state index contributed by atoms with van der Waals surface area (Å²) in [5.41, 5.74) is 8.60. The fraction of sp³-hybridized carbons (Fsp3) is 0.231. The van der Waals surface area contributed by atoms with Gasteiger partial charge in [0.15, 0.2) is 5.65 Å². The first-order chi connectivity index (χ1) is 8.63. The van der Waals surface area contributed by atoms with Crippen LogP contribution in [0, 0.1) is 13.8 Å². The Kier molecular flexibility index (Phi) is 2.33. The maximum atomic E-state index is 5.93. The number of nitrogens with two attached hydrogens (primary N) is 1. The lowest BCUT2D eigenvalue weighted by Crippen LogP contribution is -2.04. The van der Waals surface area contributed by atoms with Gasteiger partial charge in [-0.1, -0.05) is 0 Å². The number of fused-ring (bicyclic) bond motifs is 1. The van der Waals surface area contributed by atoms with Crippen molar-refractivity contribution >= 4 is 17.1 Å². The Morgan fingerprint density at radius 3 is 2.89 bits per heavy atom. The van der Waals surface area contributed by atoms with E-state index in [1.807, 2.05) is 42.8 Å². The normalized spacial score (nSPS) is 11.2. The zero-order valence-electron chi connectivity index (χ0n) is 10.3. The van der Waals surface area contributed by atoms with Crippen molar-refractivity contribution in [1.29, 1.82) is 0 Å². The number of pyridine rings is 1. The molecule has 5 heteroatoms. The van der Waals surface area contributed by atoms with Gasteiger partial charge in [-0.25, -0.2) is 9.97 Å². The number of aryl methyl sites for hydroxylation is 2. The SMILES string of the molecule is Cc1cnc2c(c1)nc(N)n2Cc1ccc(C)o1. The van der Waals surface area contributed by atoms with Gasteiger partial charge in [0.1, 0.15) is 17.0 Å². The molecule has 0 aromatic carbocycles. The molecule has 3 aromatic rings. The average Bonchev–Trinajstić information content (AvgIpc) is 2.84. The van der Waals surface area contributed by atoms with Crippen molar-refractivity contribution in [2.45, 2.75) is 20.4 Å². The largest absolute Gasteiger partial charge is 0.464 e. The van der Waals surface area contributed by atoms with Gasteiger partial charge in [0, 0.05) is 6.20 Å². The summed E-state index contributed by atoms with van der Waals surface area (Å²) in [5.74, 6) is 2.19. The maximum Gasteiger partial charge on any atom is 0.202 e. The molecule has 3 rings (SSSR count). The van der Waals surface area contributed by atoms with Crippen LogP contribution in [0.25, 0.3) is 11.2 Å². The summed E-state index contributed by atoms with van der Waals surface area (Å²) in [4.78, 5) is 8.70. The number of imidazole rings is 1. The van der Waals surface area contributed by atoms with Gasteiger partial charge in [0.2, 0.25) is 5.95 Å². The minimum atomic E-state index is 0.456. The van der Waals surface area contributed by atoms with E-state index in [0.717, 1.165) is 28.2 Å². The first kappa shape index (κ1) is 10.8. The third-order valence-electron chi connectivity index (χ3n) is 2.86. The van der Waals surface area contributed by atoms with Crippen LogP contribution in [0.4, 0.5) is 5.95 Å². The molecule has 0 saturated carbocycles. The molecule has 2 N–H and O–H groups in total. The van der Waals surface area contributed by atoms with Crippen LogP contribution in [0.1, 0.15) is 17.1 Å². The second-order valence-corrected chi connectivity index (χ2v) is 4.42. The van der Waals surface area contributed by atoms with Crippen molar-refractivity contribution in [3.8, 4) is 0 Å². The van der Waals surface area contributed by atoms with E-state index in [2.05, 4.69) is 9.97 Å². The van der Waals surface area contributed by atoms with Gasteiger partial charge >= 0.3 is 0 Å². The molecule has 92 valence electrons. The molecule has 0 saturated heterocycles. The Morgan fingerprint density at radius 2 is 2.17 bits per heavy atom. The predicted molar refractivity (Wildman–Crippen MR) is 69.2 cm³/mol. The maximum absolute atomic E-state index is 5.93. The molecule has 0 aliphatic carbocycles. The number of rotatable bonds is 2. The lowest BCUT2D eigenvalue weighted by molar-refractivity contribution is 0.473. The van der Waals surface area contributed by atoms with Crippen LogP contribution in [-0.4, -0.2) is 14.5 Å². The standard InChI is InChI=1S/C13H14N4O/c1-8-5-11-12(15-6-8)17(13(14)16-11)7-10-4-3-9(2)18-10/h3-6H,7H2,1-2H3,(H2,14,16). The van der Waals surface area contributed by atoms with Gasteiger partial charge in [-0.15, -0.1) is 0 Å². The second-order valence-electron chi connectivity index (χ2n) is 4.42. The Morgan fingerprint density at radius 1 is 1.33 bits per heavy atom. The van der Waals surface area contributed by atoms with E-state index in [9.17, 15) is 0 Å². The van der Waals surface area contributed by atoms with Crippen LogP contribution >= 0.6 is 0 Å². The van der Waals surface area contributed by atoms with E-state index in [1.165, 1.54) is 0 Å². The van der Waals surface area contributed by atoms with Gasteiger partial charge in [0.05, 0.1) is 6.54 Å². The molecule has 0 bridgehead atoms. The average molecular weight is 242 g/mol. The summed E-state index contributed by atoms with van der Waals surface area (Å²) in [7, 11) is 0. The Hall–Kier alpha value is -2.30. The Labute approximate surface area is 104 Å². The van der Waals surface area contributed by atoms with Gasteiger partial charge in [-0.2, -0.15) is 0 Å². The third kappa shape index (κ3) is 1.73. The number of anilines is 1. The predicted octanol–water partition coefficient (Wildman–Crippen LogP) is 2.27. The first-order valence-electron chi connectivity index (χ1n) is 5.77. The van der Waals surface area contributed by atoms with Crippen LogP contribution in [0.15, 0.2) is 28.8 Å². The van der Waals surface area contributed by atoms with Crippen molar-refractivity contribution in [1.82, 2.24) is 14.5 Å². The highest BCUT2D eigenvalue weighted by Crippen LogP contribution is 2.19. The van der Waals surface area contributed by atoms with Gasteiger partial charge in [-0.3, -0.25) is 4.57 Å². The van der Waals surface area contributed by atoms with E-state index in [1.54, 1.807) is 0 Å². The van der Waals surface area contributed by atoms with Crippen molar-refractivity contribution < 1.29 is 4.42 Å². The van der Waals surface area contributed by atoms with Crippen molar-refractivity contribution in [3.63, 3.8) is 0 Å². The minimum absolute atomic E-state index is 0.456. The molecule has 18 heavy (non-hydrogen) atoms. The zero-order chi connectivity index (χ0) is 12.7. The Balaban J connectivity index is 2.08. The van der Waals surface area contributed by atoms with E-state index in [4.69, 9.17) is 10.2 Å². The molecule has 0 fully saturated rings. The first-order valence-corrected chi connectivity index (χ1v) is 5.77. The van der Waals surface area contributed by atoms with Gasteiger partial charge in [0.25, 0.3) is 0 Å². The molecule has 3 aromatic heterocycles. The molecule has 0 radical (unpaired) electrons. The summed E-state index contributed by atoms with van der Waals surface area (Å²) in [6, 6.07) is 5.85. The monoisotopic (exact) mass is 242 g/mol. The fourth-order valence-corrected chi connectivity index (χ4v) is 2.01. The van der Waals surface area contributed by atoms with Crippen LogP contribution in [-0.2, 0) is 6.54 Å². The molecule has 0 atom stereocenters. The highest BCUT2D eigenvalue weighted by molar-refractivity contribution is 5.74. The van der Waals surface area contributed by atoms with E-state index in [0.29, 0.717) is 12.5 Å². The smallest absolute Gasteiger partial charge is 0.202 e. The number of aromatic nitrogens is 3.